The molecule has 0 saturated carbocycles. The van der Waals surface area contributed by atoms with Crippen LogP contribution in [-0.4, -0.2) is 58.2 Å². The summed E-state index contributed by atoms with van der Waals surface area (Å²) in [7, 11) is 2.07. The number of rotatable bonds is 5. The molecule has 1 atom stereocenters. The fourth-order valence-electron chi connectivity index (χ4n) is 4.23. The summed E-state index contributed by atoms with van der Waals surface area (Å²) in [6.45, 7) is 10.3. The molecule has 1 fully saturated rings. The van der Waals surface area contributed by atoms with E-state index in [2.05, 4.69) is 46.8 Å². The van der Waals surface area contributed by atoms with Crippen molar-refractivity contribution in [2.75, 3.05) is 26.7 Å². The van der Waals surface area contributed by atoms with E-state index in [4.69, 9.17) is 5.10 Å². The Balaban J connectivity index is 1.57. The Morgan fingerprint density at radius 3 is 2.88 bits per heavy atom. The van der Waals surface area contributed by atoms with Gasteiger partial charge in [0.2, 0.25) is 5.91 Å². The van der Waals surface area contributed by atoms with E-state index in [1.165, 1.54) is 18.5 Å². The lowest BCUT2D eigenvalue weighted by molar-refractivity contribution is -0.126. The first-order valence-corrected chi connectivity index (χ1v) is 10.3. The van der Waals surface area contributed by atoms with Crippen LogP contribution in [0.15, 0.2) is 6.07 Å². The minimum absolute atomic E-state index is 0.0134. The highest BCUT2D eigenvalue weighted by Gasteiger charge is 2.25. The van der Waals surface area contributed by atoms with Crippen LogP contribution in [0.2, 0.25) is 0 Å². The lowest BCUT2D eigenvalue weighted by Gasteiger charge is -2.24. The van der Waals surface area contributed by atoms with E-state index in [9.17, 15) is 4.79 Å². The number of amides is 1. The molecule has 2 aliphatic rings. The smallest absolute Gasteiger partial charge is 0.237 e. The van der Waals surface area contributed by atoms with Crippen LogP contribution in [0.3, 0.4) is 0 Å². The van der Waals surface area contributed by atoms with Crippen molar-refractivity contribution in [2.24, 2.45) is 5.92 Å². The van der Waals surface area contributed by atoms with Gasteiger partial charge in [-0.25, -0.2) is 0 Å². The van der Waals surface area contributed by atoms with Crippen LogP contribution in [0, 0.1) is 5.92 Å². The number of likely N-dealkylation sites (tertiary alicyclic amines) is 1. The number of nitrogens with one attached hydrogen (secondary N) is 1. The van der Waals surface area contributed by atoms with Gasteiger partial charge in [-0.15, -0.1) is 0 Å². The molecule has 0 radical (unpaired) electrons. The Labute approximate surface area is 157 Å². The van der Waals surface area contributed by atoms with Crippen LogP contribution >= 0.6 is 0 Å². The number of aryl methyl sites for hydroxylation is 1. The summed E-state index contributed by atoms with van der Waals surface area (Å²) in [5, 5.41) is 7.87. The van der Waals surface area contributed by atoms with Crippen LogP contribution in [0.5, 0.6) is 0 Å². The quantitative estimate of drug-likeness (QED) is 0.874. The number of carbonyl (C=O) groups is 1. The van der Waals surface area contributed by atoms with Crippen molar-refractivity contribution in [2.45, 2.75) is 71.6 Å². The molecule has 0 aromatic carbocycles. The molecule has 146 valence electrons. The summed E-state index contributed by atoms with van der Waals surface area (Å²) < 4.78 is 2.14. The molecule has 1 amide bonds. The molecule has 6 nitrogen and oxygen atoms in total. The van der Waals surface area contributed by atoms with Gasteiger partial charge in [-0.2, -0.15) is 5.10 Å². The number of likely N-dealkylation sites (N-methyl/N-ethyl adjacent to an activating group) is 1. The third-order valence-electron chi connectivity index (χ3n) is 5.53. The minimum atomic E-state index is 0.0134. The van der Waals surface area contributed by atoms with Gasteiger partial charge in [-0.3, -0.25) is 19.3 Å². The van der Waals surface area contributed by atoms with Crippen molar-refractivity contribution < 1.29 is 4.79 Å². The normalized spacial score (nSPS) is 22.7. The van der Waals surface area contributed by atoms with E-state index in [-0.39, 0.29) is 11.9 Å². The lowest BCUT2D eigenvalue weighted by atomic mass is 10.1. The lowest BCUT2D eigenvalue weighted by Crippen LogP contribution is -2.44. The Bertz CT molecular complexity index is 597. The molecule has 2 aliphatic heterocycles. The molecule has 1 N–H and O–H groups in total. The zero-order valence-corrected chi connectivity index (χ0v) is 16.7. The van der Waals surface area contributed by atoms with E-state index in [0.717, 1.165) is 57.7 Å². The SMILES string of the molecule is CC(C)CN1CCCn2nc(CNC(=O)C3CCCCCN3C)cc2C1. The van der Waals surface area contributed by atoms with E-state index < -0.39 is 0 Å². The minimum Gasteiger partial charge on any atom is -0.349 e. The van der Waals surface area contributed by atoms with E-state index >= 15 is 0 Å². The van der Waals surface area contributed by atoms with E-state index in [1.807, 2.05) is 0 Å². The van der Waals surface area contributed by atoms with Crippen LogP contribution in [0.1, 0.15) is 57.3 Å². The molecule has 1 aromatic heterocycles. The van der Waals surface area contributed by atoms with Gasteiger partial charge in [0, 0.05) is 26.2 Å². The zero-order valence-electron chi connectivity index (χ0n) is 16.7. The summed E-state index contributed by atoms with van der Waals surface area (Å²) in [5.74, 6) is 0.832. The van der Waals surface area contributed by atoms with Crippen molar-refractivity contribution in [1.82, 2.24) is 24.9 Å². The maximum Gasteiger partial charge on any atom is 0.237 e. The second kappa shape index (κ2) is 9.00. The van der Waals surface area contributed by atoms with Crippen LogP contribution in [0.25, 0.3) is 0 Å². The van der Waals surface area contributed by atoms with Crippen LogP contribution in [-0.2, 0) is 24.4 Å². The number of carbonyl (C=O) groups excluding carboxylic acids is 1. The monoisotopic (exact) mass is 361 g/mol. The number of nitrogens with zero attached hydrogens (tertiary/aromatic N) is 4. The summed E-state index contributed by atoms with van der Waals surface area (Å²) in [6.07, 6.45) is 5.68. The molecule has 0 bridgehead atoms. The van der Waals surface area contributed by atoms with Gasteiger partial charge >= 0.3 is 0 Å². The van der Waals surface area contributed by atoms with Gasteiger partial charge in [-0.1, -0.05) is 26.7 Å². The molecule has 1 aromatic rings. The Kier molecular flexibility index (Phi) is 6.70. The first-order valence-electron chi connectivity index (χ1n) is 10.3. The average Bonchev–Trinajstić information content (AvgIpc) is 2.72. The zero-order chi connectivity index (χ0) is 18.5. The molecule has 26 heavy (non-hydrogen) atoms. The summed E-state index contributed by atoms with van der Waals surface area (Å²) in [6, 6.07) is 2.19. The molecule has 1 saturated heterocycles. The van der Waals surface area contributed by atoms with Gasteiger partial charge in [0.25, 0.3) is 0 Å². The molecule has 3 heterocycles. The molecule has 6 heteroatoms. The predicted molar refractivity (Wildman–Crippen MR) is 104 cm³/mol. The number of fused-ring (bicyclic) bond motifs is 1. The first-order chi connectivity index (χ1) is 12.5. The van der Waals surface area contributed by atoms with Crippen molar-refractivity contribution >= 4 is 5.91 Å². The fourth-order valence-corrected chi connectivity index (χ4v) is 4.23. The number of hydrogen-bond donors (Lipinski definition) is 1. The van der Waals surface area contributed by atoms with Crippen LogP contribution in [0.4, 0.5) is 0 Å². The van der Waals surface area contributed by atoms with Gasteiger partial charge in [0.15, 0.2) is 0 Å². The highest BCUT2D eigenvalue weighted by molar-refractivity contribution is 5.81. The Hall–Kier alpha value is -1.40. The fraction of sp³-hybridized carbons (Fsp3) is 0.800. The molecular formula is C20H35N5O. The number of aromatic nitrogens is 2. The topological polar surface area (TPSA) is 53.4 Å². The van der Waals surface area contributed by atoms with Gasteiger partial charge < -0.3 is 5.32 Å². The predicted octanol–water partition coefficient (Wildman–Crippen LogP) is 2.24. The number of hydrogen-bond acceptors (Lipinski definition) is 4. The van der Waals surface area contributed by atoms with Crippen molar-refractivity contribution in [3.63, 3.8) is 0 Å². The highest BCUT2D eigenvalue weighted by Crippen LogP contribution is 2.17. The van der Waals surface area contributed by atoms with Gasteiger partial charge in [-0.05, 0) is 44.8 Å². The standard InChI is InChI=1S/C20H35N5O/c1-16(2)14-24-10-7-11-25-18(15-24)12-17(22-25)13-21-20(26)19-8-5-4-6-9-23(19)3/h12,16,19H,4-11,13-15H2,1-3H3,(H,21,26). The second-order valence-electron chi connectivity index (χ2n) is 8.40. The van der Waals surface area contributed by atoms with Gasteiger partial charge in [0.1, 0.15) is 0 Å². The van der Waals surface area contributed by atoms with Gasteiger partial charge in [0.05, 0.1) is 24.0 Å². The molecule has 3 rings (SSSR count). The Morgan fingerprint density at radius 2 is 2.08 bits per heavy atom. The molecule has 0 spiro atoms. The van der Waals surface area contributed by atoms with Crippen molar-refractivity contribution in [3.05, 3.63) is 17.5 Å². The molecule has 0 aliphatic carbocycles. The third kappa shape index (κ3) is 5.07. The maximum atomic E-state index is 12.6. The summed E-state index contributed by atoms with van der Waals surface area (Å²) in [4.78, 5) is 17.3. The van der Waals surface area contributed by atoms with E-state index in [1.54, 1.807) is 0 Å². The second-order valence-corrected chi connectivity index (χ2v) is 8.40. The van der Waals surface area contributed by atoms with Crippen molar-refractivity contribution in [3.8, 4) is 0 Å². The summed E-state index contributed by atoms with van der Waals surface area (Å²) in [5.41, 5.74) is 2.26. The average molecular weight is 362 g/mol. The molecular weight excluding hydrogens is 326 g/mol. The molecule has 1 unspecified atom stereocenters. The summed E-state index contributed by atoms with van der Waals surface area (Å²) >= 11 is 0. The van der Waals surface area contributed by atoms with Crippen LogP contribution < -0.4 is 5.32 Å². The van der Waals surface area contributed by atoms with E-state index in [0.29, 0.717) is 12.5 Å². The van der Waals surface area contributed by atoms with Crippen molar-refractivity contribution in [1.29, 1.82) is 0 Å². The Morgan fingerprint density at radius 1 is 1.23 bits per heavy atom. The third-order valence-corrected chi connectivity index (χ3v) is 5.53. The maximum absolute atomic E-state index is 12.6. The first kappa shape index (κ1) is 19.4. The highest BCUT2D eigenvalue weighted by atomic mass is 16.2. The largest absolute Gasteiger partial charge is 0.349 e.